The summed E-state index contributed by atoms with van der Waals surface area (Å²) in [5.74, 6) is -0.679. The molecule has 1 atom stereocenters. The van der Waals surface area contributed by atoms with Crippen molar-refractivity contribution in [1.29, 1.82) is 0 Å². The van der Waals surface area contributed by atoms with Crippen molar-refractivity contribution >= 4 is 11.8 Å². The Morgan fingerprint density at radius 2 is 1.61 bits per heavy atom. The van der Waals surface area contributed by atoms with Crippen molar-refractivity contribution in [1.82, 2.24) is 10.2 Å². The quantitative estimate of drug-likeness (QED) is 0.791. The molecule has 0 heterocycles. The van der Waals surface area contributed by atoms with Crippen LogP contribution in [0.4, 0.5) is 4.39 Å². The molecule has 2 amide bonds. The molecular weight excluding hydrogens is 355 g/mol. The average molecular weight is 384 g/mol. The lowest BCUT2D eigenvalue weighted by molar-refractivity contribution is -0.140. The highest BCUT2D eigenvalue weighted by molar-refractivity contribution is 5.88. The molecule has 5 heteroatoms. The standard InChI is InChI=1S/C23H29FN2O2/c1-17(22(28)25-23(2,3)4)26(15-14-18-8-6-5-7-9-18)21(27)16-19-10-12-20(24)13-11-19/h5-13,17H,14-16H2,1-4H3,(H,25,28)/t17-/m0/s1. The molecule has 0 aliphatic heterocycles. The first-order chi connectivity index (χ1) is 13.2. The highest BCUT2D eigenvalue weighted by Gasteiger charge is 2.28. The maximum atomic E-state index is 13.1. The van der Waals surface area contributed by atoms with Gasteiger partial charge in [0.25, 0.3) is 0 Å². The first-order valence-corrected chi connectivity index (χ1v) is 9.55. The molecule has 0 spiro atoms. The summed E-state index contributed by atoms with van der Waals surface area (Å²) in [5, 5.41) is 2.94. The monoisotopic (exact) mass is 384 g/mol. The third-order valence-electron chi connectivity index (χ3n) is 4.42. The summed E-state index contributed by atoms with van der Waals surface area (Å²) in [6.07, 6.45) is 0.783. The number of carbonyl (C=O) groups is 2. The molecule has 2 aromatic rings. The van der Waals surface area contributed by atoms with E-state index >= 15 is 0 Å². The highest BCUT2D eigenvalue weighted by atomic mass is 19.1. The molecule has 0 bridgehead atoms. The number of halogens is 1. The number of rotatable bonds is 7. The van der Waals surface area contributed by atoms with E-state index in [9.17, 15) is 14.0 Å². The van der Waals surface area contributed by atoms with Gasteiger partial charge in [-0.25, -0.2) is 4.39 Å². The van der Waals surface area contributed by atoms with Crippen LogP contribution in [0.1, 0.15) is 38.8 Å². The van der Waals surface area contributed by atoms with Crippen molar-refractivity contribution in [3.8, 4) is 0 Å². The lowest BCUT2D eigenvalue weighted by Gasteiger charge is -2.31. The van der Waals surface area contributed by atoms with Gasteiger partial charge in [-0.2, -0.15) is 0 Å². The Balaban J connectivity index is 2.14. The largest absolute Gasteiger partial charge is 0.350 e. The van der Waals surface area contributed by atoms with Gasteiger partial charge >= 0.3 is 0 Å². The Hall–Kier alpha value is -2.69. The molecule has 2 rings (SSSR count). The summed E-state index contributed by atoms with van der Waals surface area (Å²) in [5.41, 5.74) is 1.45. The zero-order valence-corrected chi connectivity index (χ0v) is 17.0. The van der Waals surface area contributed by atoms with E-state index in [2.05, 4.69) is 5.32 Å². The Kier molecular flexibility index (Phi) is 7.32. The van der Waals surface area contributed by atoms with Crippen LogP contribution in [-0.4, -0.2) is 34.8 Å². The summed E-state index contributed by atoms with van der Waals surface area (Å²) >= 11 is 0. The van der Waals surface area contributed by atoms with E-state index < -0.39 is 6.04 Å². The van der Waals surface area contributed by atoms with Crippen LogP contribution >= 0.6 is 0 Å². The first-order valence-electron chi connectivity index (χ1n) is 9.55. The minimum absolute atomic E-state index is 0.127. The maximum absolute atomic E-state index is 13.1. The van der Waals surface area contributed by atoms with E-state index in [1.54, 1.807) is 24.0 Å². The summed E-state index contributed by atoms with van der Waals surface area (Å²) in [6.45, 7) is 7.90. The van der Waals surface area contributed by atoms with Gasteiger partial charge in [-0.15, -0.1) is 0 Å². The molecule has 0 saturated carbocycles. The van der Waals surface area contributed by atoms with E-state index in [1.165, 1.54) is 12.1 Å². The third-order valence-corrected chi connectivity index (χ3v) is 4.42. The van der Waals surface area contributed by atoms with Crippen LogP contribution < -0.4 is 5.32 Å². The van der Waals surface area contributed by atoms with Gasteiger partial charge in [0.1, 0.15) is 11.9 Å². The van der Waals surface area contributed by atoms with Crippen molar-refractivity contribution in [3.63, 3.8) is 0 Å². The number of benzene rings is 2. The highest BCUT2D eigenvalue weighted by Crippen LogP contribution is 2.12. The third kappa shape index (κ3) is 6.80. The van der Waals surface area contributed by atoms with Crippen LogP contribution in [-0.2, 0) is 22.4 Å². The van der Waals surface area contributed by atoms with Crippen LogP contribution in [0.3, 0.4) is 0 Å². The lowest BCUT2D eigenvalue weighted by atomic mass is 10.1. The number of carbonyl (C=O) groups excluding carboxylic acids is 2. The Morgan fingerprint density at radius 1 is 1.00 bits per heavy atom. The summed E-state index contributed by atoms with van der Waals surface area (Å²) in [4.78, 5) is 27.2. The number of hydrogen-bond donors (Lipinski definition) is 1. The normalized spacial score (nSPS) is 12.3. The Labute approximate surface area is 166 Å². The molecule has 1 N–H and O–H groups in total. The Morgan fingerprint density at radius 3 is 2.18 bits per heavy atom. The van der Waals surface area contributed by atoms with E-state index in [1.807, 2.05) is 51.1 Å². The Bertz CT molecular complexity index is 782. The SMILES string of the molecule is C[C@@H](C(=O)NC(C)(C)C)N(CCc1ccccc1)C(=O)Cc1ccc(F)cc1. The van der Waals surface area contributed by atoms with Crippen molar-refractivity contribution in [2.45, 2.75) is 52.1 Å². The van der Waals surface area contributed by atoms with Gasteiger partial charge in [-0.3, -0.25) is 9.59 Å². The molecule has 0 aromatic heterocycles. The summed E-state index contributed by atoms with van der Waals surface area (Å²) in [6, 6.07) is 15.1. The van der Waals surface area contributed by atoms with Gasteiger partial charge in [0, 0.05) is 12.1 Å². The molecule has 0 aliphatic carbocycles. The van der Waals surface area contributed by atoms with Crippen molar-refractivity contribution < 1.29 is 14.0 Å². The van der Waals surface area contributed by atoms with Crippen LogP contribution in [0.25, 0.3) is 0 Å². The zero-order chi connectivity index (χ0) is 20.7. The topological polar surface area (TPSA) is 49.4 Å². The summed E-state index contributed by atoms with van der Waals surface area (Å²) < 4.78 is 13.1. The molecule has 2 aromatic carbocycles. The van der Waals surface area contributed by atoms with E-state index in [-0.39, 0.29) is 29.6 Å². The van der Waals surface area contributed by atoms with Gasteiger partial charge in [-0.05, 0) is 57.4 Å². The van der Waals surface area contributed by atoms with Crippen molar-refractivity contribution in [3.05, 3.63) is 71.5 Å². The zero-order valence-electron chi connectivity index (χ0n) is 17.0. The number of nitrogens with zero attached hydrogens (tertiary/aromatic N) is 1. The van der Waals surface area contributed by atoms with Crippen LogP contribution in [0, 0.1) is 5.82 Å². The predicted molar refractivity (Wildman–Crippen MR) is 109 cm³/mol. The minimum Gasteiger partial charge on any atom is -0.350 e. The second-order valence-corrected chi connectivity index (χ2v) is 8.04. The second-order valence-electron chi connectivity index (χ2n) is 8.04. The fourth-order valence-electron chi connectivity index (χ4n) is 2.92. The fraction of sp³-hybridized carbons (Fsp3) is 0.391. The smallest absolute Gasteiger partial charge is 0.242 e. The molecule has 28 heavy (non-hydrogen) atoms. The average Bonchev–Trinajstić information content (AvgIpc) is 2.63. The van der Waals surface area contributed by atoms with Gasteiger partial charge in [0.2, 0.25) is 11.8 Å². The molecular formula is C23H29FN2O2. The van der Waals surface area contributed by atoms with E-state index in [0.29, 0.717) is 13.0 Å². The van der Waals surface area contributed by atoms with Crippen molar-refractivity contribution in [2.75, 3.05) is 6.54 Å². The van der Waals surface area contributed by atoms with E-state index in [4.69, 9.17) is 0 Å². The molecule has 4 nitrogen and oxygen atoms in total. The lowest BCUT2D eigenvalue weighted by Crippen LogP contribution is -2.53. The van der Waals surface area contributed by atoms with Gasteiger partial charge in [0.05, 0.1) is 6.42 Å². The predicted octanol–water partition coefficient (Wildman–Crippen LogP) is 3.74. The maximum Gasteiger partial charge on any atom is 0.242 e. The van der Waals surface area contributed by atoms with Gasteiger partial charge < -0.3 is 10.2 Å². The molecule has 0 saturated heterocycles. The van der Waals surface area contributed by atoms with Crippen LogP contribution in [0.2, 0.25) is 0 Å². The van der Waals surface area contributed by atoms with Gasteiger partial charge in [-0.1, -0.05) is 42.5 Å². The molecule has 0 aliphatic rings. The molecule has 0 radical (unpaired) electrons. The van der Waals surface area contributed by atoms with Crippen molar-refractivity contribution in [2.24, 2.45) is 0 Å². The van der Waals surface area contributed by atoms with Gasteiger partial charge in [0.15, 0.2) is 0 Å². The number of hydrogen-bond acceptors (Lipinski definition) is 2. The number of nitrogens with one attached hydrogen (secondary N) is 1. The summed E-state index contributed by atoms with van der Waals surface area (Å²) in [7, 11) is 0. The van der Waals surface area contributed by atoms with Crippen LogP contribution in [0.15, 0.2) is 54.6 Å². The fourth-order valence-corrected chi connectivity index (χ4v) is 2.92. The second kappa shape index (κ2) is 9.49. The first kappa shape index (κ1) is 21.6. The van der Waals surface area contributed by atoms with E-state index in [0.717, 1.165) is 11.1 Å². The number of amides is 2. The molecule has 0 fully saturated rings. The molecule has 0 unspecified atom stereocenters. The minimum atomic E-state index is -0.601. The molecule has 150 valence electrons. The van der Waals surface area contributed by atoms with Crippen LogP contribution in [0.5, 0.6) is 0 Å².